The Morgan fingerprint density at radius 3 is 2.27 bits per heavy atom. The van der Waals surface area contributed by atoms with Crippen LogP contribution in [0, 0.1) is 0 Å². The summed E-state index contributed by atoms with van der Waals surface area (Å²) < 4.78 is 0. The third-order valence-electron chi connectivity index (χ3n) is 6.08. The second-order valence-corrected chi connectivity index (χ2v) is 9.11. The summed E-state index contributed by atoms with van der Waals surface area (Å²) in [5.41, 5.74) is 6.21. The van der Waals surface area contributed by atoms with Gasteiger partial charge in [0.15, 0.2) is 0 Å². The lowest BCUT2D eigenvalue weighted by atomic mass is 9.86. The van der Waals surface area contributed by atoms with Crippen LogP contribution in [-0.2, 0) is 18.4 Å². The number of rotatable bonds is 4. The molecule has 4 rings (SSSR count). The Hall–Kier alpha value is -1.86. The first-order valence-electron chi connectivity index (χ1n) is 10.1. The van der Waals surface area contributed by atoms with E-state index in [0.29, 0.717) is 6.04 Å². The molecule has 2 aliphatic heterocycles. The van der Waals surface area contributed by atoms with Crippen LogP contribution < -0.4 is 0 Å². The van der Waals surface area contributed by atoms with Gasteiger partial charge >= 0.3 is 0 Å². The summed E-state index contributed by atoms with van der Waals surface area (Å²) in [6.07, 6.45) is 7.61. The molecule has 1 heteroatoms. The minimum absolute atomic E-state index is 0.236. The SMILES string of the molecule is CC(C)(C)c1ccc(CC2=CC3CCC(C2)N3Cc2ccccc2)cc1. The van der Waals surface area contributed by atoms with Crippen molar-refractivity contribution in [2.45, 2.75) is 70.5 Å². The summed E-state index contributed by atoms with van der Waals surface area (Å²) in [7, 11) is 0. The van der Waals surface area contributed by atoms with Gasteiger partial charge in [-0.05, 0) is 47.8 Å². The van der Waals surface area contributed by atoms with Crippen LogP contribution in [0.1, 0.15) is 56.7 Å². The van der Waals surface area contributed by atoms with Crippen LogP contribution in [-0.4, -0.2) is 17.0 Å². The molecule has 2 atom stereocenters. The average molecular weight is 346 g/mol. The smallest absolute Gasteiger partial charge is 0.0288 e. The fourth-order valence-electron chi connectivity index (χ4n) is 4.56. The van der Waals surface area contributed by atoms with Crippen molar-refractivity contribution in [3.05, 3.63) is 82.9 Å². The van der Waals surface area contributed by atoms with Gasteiger partial charge in [0.1, 0.15) is 0 Å². The Balaban J connectivity index is 1.44. The van der Waals surface area contributed by atoms with Crippen LogP contribution in [0.25, 0.3) is 0 Å². The molecule has 136 valence electrons. The van der Waals surface area contributed by atoms with Gasteiger partial charge in [-0.3, -0.25) is 4.90 Å². The molecule has 1 nitrogen and oxygen atoms in total. The summed E-state index contributed by atoms with van der Waals surface area (Å²) in [5, 5.41) is 0. The molecule has 2 bridgehead atoms. The lowest BCUT2D eigenvalue weighted by Gasteiger charge is -2.34. The van der Waals surface area contributed by atoms with E-state index in [4.69, 9.17) is 0 Å². The van der Waals surface area contributed by atoms with Crippen LogP contribution in [0.2, 0.25) is 0 Å². The highest BCUT2D eigenvalue weighted by molar-refractivity contribution is 5.32. The fourth-order valence-corrected chi connectivity index (χ4v) is 4.56. The Bertz CT molecular complexity index is 764. The van der Waals surface area contributed by atoms with Crippen molar-refractivity contribution < 1.29 is 0 Å². The summed E-state index contributed by atoms with van der Waals surface area (Å²) in [5.74, 6) is 0. The molecule has 1 saturated heterocycles. The minimum Gasteiger partial charge on any atom is -0.289 e. The van der Waals surface area contributed by atoms with E-state index in [1.807, 2.05) is 0 Å². The molecule has 0 aromatic heterocycles. The van der Waals surface area contributed by atoms with E-state index < -0.39 is 0 Å². The Kier molecular flexibility index (Phi) is 4.75. The van der Waals surface area contributed by atoms with Gasteiger partial charge < -0.3 is 0 Å². The molecule has 26 heavy (non-hydrogen) atoms. The van der Waals surface area contributed by atoms with E-state index in [2.05, 4.69) is 86.3 Å². The van der Waals surface area contributed by atoms with Gasteiger partial charge in [0.25, 0.3) is 0 Å². The third kappa shape index (κ3) is 3.78. The molecule has 2 aromatic carbocycles. The molecule has 2 aliphatic rings. The van der Waals surface area contributed by atoms with E-state index >= 15 is 0 Å². The number of nitrogens with zero attached hydrogens (tertiary/aromatic N) is 1. The molecule has 0 spiro atoms. The lowest BCUT2D eigenvalue weighted by Crippen LogP contribution is -2.38. The molecular formula is C25H31N. The predicted molar refractivity (Wildman–Crippen MR) is 110 cm³/mol. The van der Waals surface area contributed by atoms with E-state index in [-0.39, 0.29) is 5.41 Å². The van der Waals surface area contributed by atoms with Crippen molar-refractivity contribution in [1.29, 1.82) is 0 Å². The van der Waals surface area contributed by atoms with E-state index in [1.165, 1.54) is 36.0 Å². The second-order valence-electron chi connectivity index (χ2n) is 9.11. The largest absolute Gasteiger partial charge is 0.289 e. The standard InChI is InChI=1S/C25H31N/c1-25(2,3)22-11-9-19(10-12-22)15-21-16-23-13-14-24(17-21)26(23)18-20-7-5-4-6-8-20/h4-12,16,23-24H,13-15,17-18H2,1-3H3. The van der Waals surface area contributed by atoms with E-state index in [1.54, 1.807) is 5.57 Å². The highest BCUT2D eigenvalue weighted by Crippen LogP contribution is 2.37. The number of hydrogen-bond acceptors (Lipinski definition) is 1. The maximum atomic E-state index is 2.72. The first kappa shape index (κ1) is 17.5. The first-order valence-corrected chi connectivity index (χ1v) is 10.1. The topological polar surface area (TPSA) is 3.24 Å². The summed E-state index contributed by atoms with van der Waals surface area (Å²) in [6.45, 7) is 7.94. The lowest BCUT2D eigenvalue weighted by molar-refractivity contribution is 0.195. The summed E-state index contributed by atoms with van der Waals surface area (Å²) in [6, 6.07) is 21.6. The second kappa shape index (κ2) is 7.04. The summed E-state index contributed by atoms with van der Waals surface area (Å²) >= 11 is 0. The van der Waals surface area contributed by atoms with Crippen molar-refractivity contribution in [1.82, 2.24) is 4.90 Å². The Labute approximate surface area is 158 Å². The van der Waals surface area contributed by atoms with Gasteiger partial charge in [-0.15, -0.1) is 0 Å². The van der Waals surface area contributed by atoms with Gasteiger partial charge in [-0.2, -0.15) is 0 Å². The van der Waals surface area contributed by atoms with Crippen molar-refractivity contribution >= 4 is 0 Å². The third-order valence-corrected chi connectivity index (χ3v) is 6.08. The Morgan fingerprint density at radius 1 is 0.885 bits per heavy atom. The molecule has 2 aromatic rings. The zero-order valence-corrected chi connectivity index (χ0v) is 16.4. The Morgan fingerprint density at radius 2 is 1.62 bits per heavy atom. The molecule has 1 fully saturated rings. The number of hydrogen-bond donors (Lipinski definition) is 0. The maximum Gasteiger partial charge on any atom is 0.0288 e. The van der Waals surface area contributed by atoms with Gasteiger partial charge in [0.05, 0.1) is 0 Å². The maximum absolute atomic E-state index is 2.72. The number of benzene rings is 2. The van der Waals surface area contributed by atoms with Crippen molar-refractivity contribution in [3.8, 4) is 0 Å². The van der Waals surface area contributed by atoms with Gasteiger partial charge in [0.2, 0.25) is 0 Å². The van der Waals surface area contributed by atoms with Crippen LogP contribution in [0.4, 0.5) is 0 Å². The minimum atomic E-state index is 0.236. The normalized spacial score (nSPS) is 23.1. The molecule has 0 aliphatic carbocycles. The van der Waals surface area contributed by atoms with Crippen LogP contribution in [0.3, 0.4) is 0 Å². The summed E-state index contributed by atoms with van der Waals surface area (Å²) in [4.78, 5) is 2.72. The molecule has 0 saturated carbocycles. The molecular weight excluding hydrogens is 314 g/mol. The van der Waals surface area contributed by atoms with E-state index in [9.17, 15) is 0 Å². The first-order chi connectivity index (χ1) is 12.5. The zero-order chi connectivity index (χ0) is 18.1. The van der Waals surface area contributed by atoms with Crippen molar-refractivity contribution in [3.63, 3.8) is 0 Å². The van der Waals surface area contributed by atoms with Gasteiger partial charge in [0, 0.05) is 18.6 Å². The molecule has 0 amide bonds. The number of fused-ring (bicyclic) bond motifs is 2. The van der Waals surface area contributed by atoms with Crippen LogP contribution in [0.5, 0.6) is 0 Å². The fraction of sp³-hybridized carbons (Fsp3) is 0.440. The highest BCUT2D eigenvalue weighted by Gasteiger charge is 2.36. The molecule has 0 N–H and O–H groups in total. The van der Waals surface area contributed by atoms with Crippen molar-refractivity contribution in [2.75, 3.05) is 0 Å². The van der Waals surface area contributed by atoms with E-state index in [0.717, 1.165) is 19.0 Å². The van der Waals surface area contributed by atoms with Gasteiger partial charge in [-0.25, -0.2) is 0 Å². The monoisotopic (exact) mass is 345 g/mol. The van der Waals surface area contributed by atoms with Gasteiger partial charge in [-0.1, -0.05) is 87.0 Å². The van der Waals surface area contributed by atoms with Crippen LogP contribution >= 0.6 is 0 Å². The van der Waals surface area contributed by atoms with Crippen LogP contribution in [0.15, 0.2) is 66.2 Å². The predicted octanol–water partition coefficient (Wildman–Crippen LogP) is 5.89. The zero-order valence-electron chi connectivity index (χ0n) is 16.4. The average Bonchev–Trinajstić information content (AvgIpc) is 2.85. The van der Waals surface area contributed by atoms with Crippen molar-refractivity contribution in [2.24, 2.45) is 0 Å². The quantitative estimate of drug-likeness (QED) is 0.625. The molecule has 2 unspecified atom stereocenters. The molecule has 2 heterocycles. The molecule has 0 radical (unpaired) electrons. The highest BCUT2D eigenvalue weighted by atomic mass is 15.2.